The molecule has 0 unspecified atom stereocenters. The van der Waals surface area contributed by atoms with Crippen LogP contribution in [0.15, 0.2) is 22.1 Å². The second-order valence-electron chi connectivity index (χ2n) is 5.22. The number of hydrogen-bond acceptors (Lipinski definition) is 4. The number of aromatic nitrogens is 2. The molecule has 0 saturated carbocycles. The Hall–Kier alpha value is -1.42. The molecule has 0 fully saturated rings. The lowest BCUT2D eigenvalue weighted by molar-refractivity contribution is 0.0478. The van der Waals surface area contributed by atoms with E-state index < -0.39 is 5.60 Å². The number of aliphatic hydroxyl groups is 1. The summed E-state index contributed by atoms with van der Waals surface area (Å²) >= 11 is 0. The third-order valence-electron chi connectivity index (χ3n) is 2.80. The Balaban J connectivity index is 0.00000172. The molecule has 4 heteroatoms. The summed E-state index contributed by atoms with van der Waals surface area (Å²) in [5.41, 5.74) is 0.993. The van der Waals surface area contributed by atoms with E-state index in [1.54, 1.807) is 13.8 Å². The summed E-state index contributed by atoms with van der Waals surface area (Å²) in [5, 5.41) is 17.7. The van der Waals surface area contributed by atoms with Gasteiger partial charge in [0.2, 0.25) is 11.8 Å². The highest BCUT2D eigenvalue weighted by Crippen LogP contribution is 2.26. The van der Waals surface area contributed by atoms with Crippen molar-refractivity contribution >= 4 is 5.57 Å². The lowest BCUT2D eigenvalue weighted by Crippen LogP contribution is -2.15. The van der Waals surface area contributed by atoms with Gasteiger partial charge in [-0.1, -0.05) is 45.4 Å². The monoisotopic (exact) mass is 280 g/mol. The predicted octanol–water partition coefficient (Wildman–Crippen LogP) is 4.33. The predicted molar refractivity (Wildman–Crippen MR) is 83.1 cm³/mol. The highest BCUT2D eigenvalue weighted by Gasteiger charge is 2.24. The number of rotatable bonds is 4. The summed E-state index contributed by atoms with van der Waals surface area (Å²) in [6.07, 6.45) is 3.90. The Kier molecular flexibility index (Phi) is 7.43. The van der Waals surface area contributed by atoms with E-state index in [4.69, 9.17) is 4.42 Å². The zero-order valence-corrected chi connectivity index (χ0v) is 14.0. The molecule has 0 bridgehead atoms. The van der Waals surface area contributed by atoms with E-state index in [-0.39, 0.29) is 5.89 Å². The van der Waals surface area contributed by atoms with Gasteiger partial charge in [-0.3, -0.25) is 0 Å². The van der Waals surface area contributed by atoms with Crippen LogP contribution in [0.5, 0.6) is 0 Å². The van der Waals surface area contributed by atoms with Crippen molar-refractivity contribution in [1.82, 2.24) is 10.2 Å². The van der Waals surface area contributed by atoms with Crippen LogP contribution in [0, 0.1) is 5.92 Å². The summed E-state index contributed by atoms with van der Waals surface area (Å²) in [4.78, 5) is 0. The Bertz CT molecular complexity index is 463. The van der Waals surface area contributed by atoms with Crippen LogP contribution in [0.1, 0.15) is 67.2 Å². The Morgan fingerprint density at radius 1 is 1.25 bits per heavy atom. The minimum Gasteiger partial charge on any atom is -0.418 e. The smallest absolute Gasteiger partial charge is 0.247 e. The van der Waals surface area contributed by atoms with E-state index in [9.17, 15) is 5.11 Å². The number of allylic oxidation sites excluding steroid dienone is 4. The van der Waals surface area contributed by atoms with Gasteiger partial charge in [0, 0.05) is 5.57 Å². The van der Waals surface area contributed by atoms with Crippen molar-refractivity contribution < 1.29 is 9.52 Å². The quantitative estimate of drug-likeness (QED) is 0.834. The molecule has 1 N–H and O–H groups in total. The van der Waals surface area contributed by atoms with Crippen molar-refractivity contribution in [2.24, 2.45) is 5.92 Å². The first-order valence-electron chi connectivity index (χ1n) is 7.17. The van der Waals surface area contributed by atoms with Crippen molar-refractivity contribution in [1.29, 1.82) is 0 Å². The van der Waals surface area contributed by atoms with Crippen LogP contribution in [0.25, 0.3) is 5.57 Å². The standard InChI is InChI=1S/C14H22N2O2.C2H6/c1-7-8-11(10(4)9(2)3)12-15-16-13(18-12)14(5,6)17;1-2/h7-9,17H,1-6H3;1-2H3/b8-7-,11-10-;. The van der Waals surface area contributed by atoms with Gasteiger partial charge in [-0.25, -0.2) is 0 Å². The molecule has 0 aliphatic carbocycles. The van der Waals surface area contributed by atoms with Crippen LogP contribution in [-0.2, 0) is 5.60 Å². The number of hydrogen-bond donors (Lipinski definition) is 1. The second kappa shape index (κ2) is 8.00. The van der Waals surface area contributed by atoms with Gasteiger partial charge in [0.05, 0.1) is 0 Å². The molecule has 0 atom stereocenters. The third kappa shape index (κ3) is 4.93. The molecule has 0 aliphatic heterocycles. The van der Waals surface area contributed by atoms with Crippen LogP contribution in [0.4, 0.5) is 0 Å². The first-order valence-corrected chi connectivity index (χ1v) is 7.17. The molecule has 4 nitrogen and oxygen atoms in total. The molecule has 0 spiro atoms. The maximum Gasteiger partial charge on any atom is 0.247 e. The summed E-state index contributed by atoms with van der Waals surface area (Å²) in [6.45, 7) is 15.5. The summed E-state index contributed by atoms with van der Waals surface area (Å²) in [7, 11) is 0. The van der Waals surface area contributed by atoms with Crippen LogP contribution in [0.2, 0.25) is 0 Å². The molecule has 1 aromatic rings. The Morgan fingerprint density at radius 3 is 2.15 bits per heavy atom. The van der Waals surface area contributed by atoms with Gasteiger partial charge in [0.25, 0.3) is 0 Å². The third-order valence-corrected chi connectivity index (χ3v) is 2.80. The topological polar surface area (TPSA) is 59.2 Å². The molecule has 1 aromatic heterocycles. The lowest BCUT2D eigenvalue weighted by atomic mass is 9.98. The van der Waals surface area contributed by atoms with E-state index in [1.165, 1.54) is 5.57 Å². The maximum absolute atomic E-state index is 9.83. The first kappa shape index (κ1) is 18.6. The van der Waals surface area contributed by atoms with Crippen molar-refractivity contribution in [3.8, 4) is 0 Å². The van der Waals surface area contributed by atoms with Gasteiger partial charge in [-0.15, -0.1) is 10.2 Å². The highest BCUT2D eigenvalue weighted by atomic mass is 16.4. The van der Waals surface area contributed by atoms with Crippen molar-refractivity contribution in [3.05, 3.63) is 29.5 Å². The fourth-order valence-electron chi connectivity index (χ4n) is 1.43. The van der Waals surface area contributed by atoms with Crippen molar-refractivity contribution in [3.63, 3.8) is 0 Å². The Morgan fingerprint density at radius 2 is 1.80 bits per heavy atom. The molecule has 20 heavy (non-hydrogen) atoms. The molecule has 1 rings (SSSR count). The highest BCUT2D eigenvalue weighted by molar-refractivity contribution is 5.71. The molecule has 0 saturated heterocycles. The van der Waals surface area contributed by atoms with E-state index in [0.29, 0.717) is 11.8 Å². The Labute approximate surface area is 122 Å². The van der Waals surface area contributed by atoms with Crippen LogP contribution >= 0.6 is 0 Å². The van der Waals surface area contributed by atoms with Gasteiger partial charge in [-0.05, 0) is 33.6 Å². The van der Waals surface area contributed by atoms with Crippen LogP contribution in [0.3, 0.4) is 0 Å². The minimum absolute atomic E-state index is 0.232. The molecule has 114 valence electrons. The van der Waals surface area contributed by atoms with Crippen LogP contribution in [-0.4, -0.2) is 15.3 Å². The summed E-state index contributed by atoms with van der Waals surface area (Å²) in [5.74, 6) is 1.08. The van der Waals surface area contributed by atoms with Gasteiger partial charge in [-0.2, -0.15) is 0 Å². The molecular weight excluding hydrogens is 252 g/mol. The molecule has 0 radical (unpaired) electrons. The molecule has 1 heterocycles. The van der Waals surface area contributed by atoms with Crippen molar-refractivity contribution in [2.45, 2.75) is 61.0 Å². The normalized spacial score (nSPS) is 13.3. The molecule has 0 aromatic carbocycles. The molecule has 0 amide bonds. The van der Waals surface area contributed by atoms with Gasteiger partial charge in [0.15, 0.2) is 0 Å². The lowest BCUT2D eigenvalue weighted by Gasteiger charge is -2.11. The van der Waals surface area contributed by atoms with Crippen molar-refractivity contribution in [2.75, 3.05) is 0 Å². The zero-order chi connectivity index (χ0) is 15.9. The first-order chi connectivity index (χ1) is 9.27. The average molecular weight is 280 g/mol. The van der Waals surface area contributed by atoms with Gasteiger partial charge < -0.3 is 9.52 Å². The van der Waals surface area contributed by atoms with E-state index in [1.807, 2.05) is 39.8 Å². The summed E-state index contributed by atoms with van der Waals surface area (Å²) < 4.78 is 5.55. The second-order valence-corrected chi connectivity index (χ2v) is 5.22. The largest absolute Gasteiger partial charge is 0.418 e. The number of nitrogens with zero attached hydrogens (tertiary/aromatic N) is 2. The average Bonchev–Trinajstić information content (AvgIpc) is 2.86. The summed E-state index contributed by atoms with van der Waals surface area (Å²) in [6, 6.07) is 0. The fraction of sp³-hybridized carbons (Fsp3) is 0.625. The van der Waals surface area contributed by atoms with Gasteiger partial charge >= 0.3 is 0 Å². The zero-order valence-electron chi connectivity index (χ0n) is 14.0. The van der Waals surface area contributed by atoms with Gasteiger partial charge in [0.1, 0.15) is 5.60 Å². The van der Waals surface area contributed by atoms with E-state index in [0.717, 1.165) is 5.57 Å². The minimum atomic E-state index is -1.11. The molecule has 0 aliphatic rings. The maximum atomic E-state index is 9.83. The molecular formula is C16H28N2O2. The van der Waals surface area contributed by atoms with E-state index >= 15 is 0 Å². The van der Waals surface area contributed by atoms with Crippen LogP contribution < -0.4 is 0 Å². The SMILES string of the molecule is C/C=C\C(=C(/C)C(C)C)c1nnc(C(C)(C)O)o1.CC. The fourth-order valence-corrected chi connectivity index (χ4v) is 1.43. The van der Waals surface area contributed by atoms with E-state index in [2.05, 4.69) is 24.0 Å².